The first-order chi connectivity index (χ1) is 12.3. The lowest BCUT2D eigenvalue weighted by atomic mass is 10.0. The van der Waals surface area contributed by atoms with E-state index in [1.165, 1.54) is 11.0 Å². The van der Waals surface area contributed by atoms with Crippen LogP contribution in [0.4, 0.5) is 5.69 Å². The maximum atomic E-state index is 13.3. The van der Waals surface area contributed by atoms with Crippen LogP contribution in [0.3, 0.4) is 0 Å². The van der Waals surface area contributed by atoms with Crippen LogP contribution < -0.4 is 4.90 Å². The second-order valence-corrected chi connectivity index (χ2v) is 8.89. The summed E-state index contributed by atoms with van der Waals surface area (Å²) < 4.78 is 23.8. The van der Waals surface area contributed by atoms with Gasteiger partial charge in [-0.2, -0.15) is 0 Å². The Balaban J connectivity index is 2.04. The summed E-state index contributed by atoms with van der Waals surface area (Å²) >= 11 is 0. The molecule has 0 N–H and O–H groups in total. The fourth-order valence-electron chi connectivity index (χ4n) is 3.14. The van der Waals surface area contributed by atoms with E-state index >= 15 is 0 Å². The quantitative estimate of drug-likeness (QED) is 0.816. The number of hydrogen-bond donors (Lipinski definition) is 0. The lowest BCUT2D eigenvalue weighted by Gasteiger charge is -2.28. The molecule has 2 aromatic rings. The third-order valence-corrected chi connectivity index (χ3v) is 6.05. The minimum Gasteiger partial charge on any atom is -0.300 e. The van der Waals surface area contributed by atoms with Crippen LogP contribution in [0.5, 0.6) is 0 Å². The molecule has 0 saturated carbocycles. The Bertz CT molecular complexity index is 943. The van der Waals surface area contributed by atoms with Crippen LogP contribution in [-0.4, -0.2) is 26.1 Å². The van der Waals surface area contributed by atoms with Crippen LogP contribution in [0, 0.1) is 6.92 Å². The van der Waals surface area contributed by atoms with Crippen LogP contribution in [0.1, 0.15) is 41.3 Å². The topological polar surface area (TPSA) is 54.5 Å². The minimum absolute atomic E-state index is 0.0868. The zero-order chi connectivity index (χ0) is 18.9. The van der Waals surface area contributed by atoms with Crippen LogP contribution in [-0.2, 0) is 9.84 Å². The molecule has 0 spiro atoms. The number of sulfone groups is 1. The van der Waals surface area contributed by atoms with E-state index in [2.05, 4.69) is 13.8 Å². The van der Waals surface area contributed by atoms with Crippen molar-refractivity contribution < 1.29 is 13.2 Å². The van der Waals surface area contributed by atoms with Crippen LogP contribution >= 0.6 is 0 Å². The van der Waals surface area contributed by atoms with Crippen molar-refractivity contribution in [1.29, 1.82) is 0 Å². The predicted octanol–water partition coefficient (Wildman–Crippen LogP) is 4.08. The van der Waals surface area contributed by atoms with Crippen molar-refractivity contribution in [3.05, 3.63) is 76.7 Å². The lowest BCUT2D eigenvalue weighted by molar-refractivity contribution is 0.0982. The van der Waals surface area contributed by atoms with Crippen LogP contribution in [0.2, 0.25) is 0 Å². The molecule has 1 aliphatic rings. The largest absolute Gasteiger partial charge is 0.300 e. The van der Waals surface area contributed by atoms with E-state index in [0.29, 0.717) is 17.2 Å². The number of aryl methyl sites for hydroxylation is 1. The summed E-state index contributed by atoms with van der Waals surface area (Å²) in [6.07, 6.45) is 1.60. The Kier molecular flexibility index (Phi) is 5.01. The number of anilines is 1. The summed E-state index contributed by atoms with van der Waals surface area (Å²) in [7, 11) is -3.27. The number of hydrogen-bond acceptors (Lipinski definition) is 3. The van der Waals surface area contributed by atoms with Gasteiger partial charge >= 0.3 is 0 Å². The van der Waals surface area contributed by atoms with Crippen molar-refractivity contribution in [2.24, 2.45) is 0 Å². The molecule has 0 unspecified atom stereocenters. The van der Waals surface area contributed by atoms with Crippen molar-refractivity contribution >= 4 is 21.4 Å². The number of nitrogens with zero attached hydrogens (tertiary/aromatic N) is 1. The van der Waals surface area contributed by atoms with E-state index in [9.17, 15) is 13.2 Å². The molecule has 1 amide bonds. The zero-order valence-electron chi connectivity index (χ0n) is 15.2. The molecule has 5 heteroatoms. The molecule has 136 valence electrons. The van der Waals surface area contributed by atoms with Gasteiger partial charge < -0.3 is 4.90 Å². The van der Waals surface area contributed by atoms with E-state index in [4.69, 9.17) is 0 Å². The SMILES string of the molecule is Cc1ccccc1C(=O)N(c1ccc(C(C)C)cc1)[C@H]1C=CS(=O)(=O)C1. The van der Waals surface area contributed by atoms with E-state index in [1.54, 1.807) is 17.0 Å². The van der Waals surface area contributed by atoms with Crippen molar-refractivity contribution in [3.8, 4) is 0 Å². The first-order valence-electron chi connectivity index (χ1n) is 8.68. The molecule has 0 saturated heterocycles. The van der Waals surface area contributed by atoms with Gasteiger partial charge in [-0.25, -0.2) is 8.42 Å². The summed E-state index contributed by atoms with van der Waals surface area (Å²) in [6, 6.07) is 14.6. The highest BCUT2D eigenvalue weighted by Gasteiger charge is 2.32. The Morgan fingerprint density at radius 2 is 1.73 bits per heavy atom. The van der Waals surface area contributed by atoms with Crippen molar-refractivity contribution in [2.45, 2.75) is 32.7 Å². The zero-order valence-corrected chi connectivity index (χ0v) is 16.0. The molecular formula is C21H23NO3S. The fourth-order valence-corrected chi connectivity index (χ4v) is 4.41. The van der Waals surface area contributed by atoms with E-state index in [1.807, 2.05) is 49.4 Å². The van der Waals surface area contributed by atoms with Gasteiger partial charge in [0, 0.05) is 16.7 Å². The van der Waals surface area contributed by atoms with Gasteiger partial charge in [-0.15, -0.1) is 0 Å². The summed E-state index contributed by atoms with van der Waals surface area (Å²) in [4.78, 5) is 14.9. The third kappa shape index (κ3) is 3.73. The van der Waals surface area contributed by atoms with Crippen LogP contribution in [0.15, 0.2) is 60.0 Å². The molecule has 3 rings (SSSR count). The van der Waals surface area contributed by atoms with Crippen LogP contribution in [0.25, 0.3) is 0 Å². The van der Waals surface area contributed by atoms with Gasteiger partial charge in [0.2, 0.25) is 0 Å². The molecular weight excluding hydrogens is 346 g/mol. The molecule has 0 fully saturated rings. The molecule has 0 aromatic heterocycles. The van der Waals surface area contributed by atoms with Crippen molar-refractivity contribution in [1.82, 2.24) is 0 Å². The lowest BCUT2D eigenvalue weighted by Crippen LogP contribution is -2.41. The molecule has 4 nitrogen and oxygen atoms in total. The Morgan fingerprint density at radius 3 is 2.27 bits per heavy atom. The minimum atomic E-state index is -3.27. The Hall–Kier alpha value is -2.40. The molecule has 0 aliphatic carbocycles. The smallest absolute Gasteiger partial charge is 0.259 e. The molecule has 0 radical (unpaired) electrons. The standard InChI is InChI=1S/C21H23NO3S/c1-15(2)17-8-10-18(11-9-17)22(19-12-13-26(24,25)14-19)21(23)20-7-5-4-6-16(20)3/h4-13,15,19H,14H2,1-3H3/t19-/m0/s1. The summed E-state index contributed by atoms with van der Waals surface area (Å²) in [6.45, 7) is 6.10. The second kappa shape index (κ2) is 7.08. The van der Waals surface area contributed by atoms with Gasteiger partial charge in [-0.3, -0.25) is 4.79 Å². The van der Waals surface area contributed by atoms with Crippen molar-refractivity contribution in [2.75, 3.05) is 10.7 Å². The first kappa shape index (κ1) is 18.4. The van der Waals surface area contributed by atoms with Gasteiger partial charge in [0.05, 0.1) is 11.8 Å². The summed E-state index contributed by atoms with van der Waals surface area (Å²) in [5, 5.41) is 1.21. The molecule has 1 atom stereocenters. The maximum absolute atomic E-state index is 13.3. The molecule has 1 heterocycles. The highest BCUT2D eigenvalue weighted by molar-refractivity contribution is 7.94. The normalized spacial score (nSPS) is 18.2. The Labute approximate surface area is 155 Å². The monoisotopic (exact) mass is 369 g/mol. The number of amides is 1. The summed E-state index contributed by atoms with van der Waals surface area (Å²) in [5.74, 6) is 0.111. The van der Waals surface area contributed by atoms with E-state index in [0.717, 1.165) is 5.56 Å². The van der Waals surface area contributed by atoms with Gasteiger partial charge in [-0.05, 0) is 48.2 Å². The van der Waals surface area contributed by atoms with Gasteiger partial charge in [0.15, 0.2) is 9.84 Å². The summed E-state index contributed by atoms with van der Waals surface area (Å²) in [5.41, 5.74) is 3.32. The van der Waals surface area contributed by atoms with Gasteiger partial charge in [-0.1, -0.05) is 44.2 Å². The van der Waals surface area contributed by atoms with E-state index < -0.39 is 15.9 Å². The van der Waals surface area contributed by atoms with Gasteiger partial charge in [0.1, 0.15) is 0 Å². The average Bonchev–Trinajstić information content (AvgIpc) is 2.95. The van der Waals surface area contributed by atoms with E-state index in [-0.39, 0.29) is 11.7 Å². The number of benzene rings is 2. The predicted molar refractivity (Wildman–Crippen MR) is 105 cm³/mol. The highest BCUT2D eigenvalue weighted by Crippen LogP contribution is 2.27. The fraction of sp³-hybridized carbons (Fsp3) is 0.286. The van der Waals surface area contributed by atoms with Gasteiger partial charge in [0.25, 0.3) is 5.91 Å². The number of carbonyl (C=O) groups excluding carboxylic acids is 1. The molecule has 1 aliphatic heterocycles. The number of rotatable bonds is 4. The first-order valence-corrected chi connectivity index (χ1v) is 10.4. The maximum Gasteiger partial charge on any atom is 0.259 e. The molecule has 26 heavy (non-hydrogen) atoms. The Morgan fingerprint density at radius 1 is 1.08 bits per heavy atom. The third-order valence-electron chi connectivity index (χ3n) is 4.67. The van der Waals surface area contributed by atoms with Crippen molar-refractivity contribution in [3.63, 3.8) is 0 Å². The number of carbonyl (C=O) groups is 1. The molecule has 0 bridgehead atoms. The molecule has 2 aromatic carbocycles. The second-order valence-electron chi connectivity index (χ2n) is 6.96. The average molecular weight is 369 g/mol. The highest BCUT2D eigenvalue weighted by atomic mass is 32.2.